The molecule has 2 aromatic carbocycles. The quantitative estimate of drug-likeness (QED) is 0.494. The molecule has 140 valence electrons. The van der Waals surface area contributed by atoms with Gasteiger partial charge in [0.15, 0.2) is 11.5 Å². The molecular formula is C22H20N4O2. The lowest BCUT2D eigenvalue weighted by atomic mass is 10.2. The van der Waals surface area contributed by atoms with E-state index < -0.39 is 0 Å². The fraction of sp³-hybridized carbons (Fsp3) is 0.136. The van der Waals surface area contributed by atoms with Crippen LogP contribution in [-0.2, 0) is 4.79 Å². The van der Waals surface area contributed by atoms with E-state index in [-0.39, 0.29) is 5.91 Å². The van der Waals surface area contributed by atoms with Gasteiger partial charge in [0.25, 0.3) is 0 Å². The maximum Gasteiger partial charge on any atom is 0.224 e. The Morgan fingerprint density at radius 3 is 2.71 bits per heavy atom. The highest BCUT2D eigenvalue weighted by molar-refractivity contribution is 5.91. The van der Waals surface area contributed by atoms with Crippen LogP contribution in [0.4, 0.5) is 5.69 Å². The summed E-state index contributed by atoms with van der Waals surface area (Å²) in [6.07, 6.45) is 2.96. The molecule has 4 rings (SSSR count). The van der Waals surface area contributed by atoms with Gasteiger partial charge in [-0.3, -0.25) is 9.20 Å². The van der Waals surface area contributed by atoms with Gasteiger partial charge in [-0.15, -0.1) is 10.2 Å². The minimum Gasteiger partial charge on any atom is -0.494 e. The summed E-state index contributed by atoms with van der Waals surface area (Å²) in [5.41, 5.74) is 2.41. The van der Waals surface area contributed by atoms with E-state index in [1.165, 1.54) is 0 Å². The summed E-state index contributed by atoms with van der Waals surface area (Å²) in [4.78, 5) is 12.2. The molecule has 0 aliphatic heterocycles. The normalized spacial score (nSPS) is 10.7. The van der Waals surface area contributed by atoms with Crippen LogP contribution < -0.4 is 10.1 Å². The molecule has 0 aliphatic rings. The van der Waals surface area contributed by atoms with Crippen molar-refractivity contribution < 1.29 is 9.53 Å². The van der Waals surface area contributed by atoms with E-state index in [0.29, 0.717) is 19.4 Å². The number of benzene rings is 2. The fourth-order valence-electron chi connectivity index (χ4n) is 2.94. The third-order valence-electron chi connectivity index (χ3n) is 4.28. The van der Waals surface area contributed by atoms with Gasteiger partial charge in [0.2, 0.25) is 5.91 Å². The zero-order chi connectivity index (χ0) is 19.2. The van der Waals surface area contributed by atoms with Crippen molar-refractivity contribution in [2.45, 2.75) is 12.8 Å². The lowest BCUT2D eigenvalue weighted by Gasteiger charge is -2.08. The number of hydrogen-bond donors (Lipinski definition) is 1. The SMILES string of the molecule is O=C(CCCOc1ccccc1)Nc1cccc(-c2nnc3ccccn23)c1. The number of ether oxygens (including phenoxy) is 1. The van der Waals surface area contributed by atoms with E-state index in [2.05, 4.69) is 15.5 Å². The lowest BCUT2D eigenvalue weighted by molar-refractivity contribution is -0.116. The minimum atomic E-state index is -0.0417. The molecule has 1 N–H and O–H groups in total. The Morgan fingerprint density at radius 1 is 0.964 bits per heavy atom. The van der Waals surface area contributed by atoms with Gasteiger partial charge in [0, 0.05) is 23.9 Å². The molecule has 0 atom stereocenters. The summed E-state index contributed by atoms with van der Waals surface area (Å²) in [6, 6.07) is 23.0. The molecule has 0 spiro atoms. The Morgan fingerprint density at radius 2 is 1.82 bits per heavy atom. The number of amides is 1. The van der Waals surface area contributed by atoms with Gasteiger partial charge in [0.1, 0.15) is 5.75 Å². The third kappa shape index (κ3) is 4.17. The second-order valence-electron chi connectivity index (χ2n) is 6.35. The van der Waals surface area contributed by atoms with Crippen molar-refractivity contribution in [2.75, 3.05) is 11.9 Å². The predicted molar refractivity (Wildman–Crippen MR) is 108 cm³/mol. The summed E-state index contributed by atoms with van der Waals surface area (Å²) < 4.78 is 7.54. The van der Waals surface area contributed by atoms with E-state index >= 15 is 0 Å². The van der Waals surface area contributed by atoms with Crippen molar-refractivity contribution in [3.63, 3.8) is 0 Å². The van der Waals surface area contributed by atoms with Gasteiger partial charge in [-0.25, -0.2) is 0 Å². The van der Waals surface area contributed by atoms with Gasteiger partial charge in [-0.1, -0.05) is 36.4 Å². The van der Waals surface area contributed by atoms with Crippen LogP contribution in [0.2, 0.25) is 0 Å². The van der Waals surface area contributed by atoms with Crippen molar-refractivity contribution in [1.29, 1.82) is 0 Å². The second-order valence-corrected chi connectivity index (χ2v) is 6.35. The smallest absolute Gasteiger partial charge is 0.224 e. The number of anilines is 1. The van der Waals surface area contributed by atoms with Gasteiger partial charge in [-0.05, 0) is 42.8 Å². The zero-order valence-corrected chi connectivity index (χ0v) is 15.3. The minimum absolute atomic E-state index is 0.0417. The number of para-hydroxylation sites is 1. The molecule has 0 unspecified atom stereocenters. The molecule has 0 fully saturated rings. The van der Waals surface area contributed by atoms with Crippen molar-refractivity contribution in [3.05, 3.63) is 79.0 Å². The summed E-state index contributed by atoms with van der Waals surface area (Å²) in [6.45, 7) is 0.503. The zero-order valence-electron chi connectivity index (χ0n) is 15.3. The molecule has 1 amide bonds. The summed E-state index contributed by atoms with van der Waals surface area (Å²) >= 11 is 0. The first-order chi connectivity index (χ1) is 13.8. The van der Waals surface area contributed by atoms with Crippen molar-refractivity contribution in [3.8, 4) is 17.1 Å². The molecule has 6 nitrogen and oxygen atoms in total. The summed E-state index contributed by atoms with van der Waals surface area (Å²) in [7, 11) is 0. The molecule has 0 bridgehead atoms. The highest BCUT2D eigenvalue weighted by Crippen LogP contribution is 2.22. The maximum absolute atomic E-state index is 12.2. The Balaban J connectivity index is 1.35. The Bertz CT molecular complexity index is 1080. The highest BCUT2D eigenvalue weighted by atomic mass is 16.5. The van der Waals surface area contributed by atoms with Crippen LogP contribution in [0.1, 0.15) is 12.8 Å². The van der Waals surface area contributed by atoms with Crippen LogP contribution in [0.3, 0.4) is 0 Å². The number of aromatic nitrogens is 3. The highest BCUT2D eigenvalue weighted by Gasteiger charge is 2.09. The number of carbonyl (C=O) groups is 1. The molecule has 0 aliphatic carbocycles. The molecule has 0 radical (unpaired) electrons. The topological polar surface area (TPSA) is 68.5 Å². The van der Waals surface area contributed by atoms with Gasteiger partial charge >= 0.3 is 0 Å². The third-order valence-corrected chi connectivity index (χ3v) is 4.28. The van der Waals surface area contributed by atoms with E-state index in [1.807, 2.05) is 83.4 Å². The number of pyridine rings is 1. The molecule has 6 heteroatoms. The van der Waals surface area contributed by atoms with E-state index in [4.69, 9.17) is 4.74 Å². The van der Waals surface area contributed by atoms with Gasteiger partial charge < -0.3 is 10.1 Å². The van der Waals surface area contributed by atoms with Crippen molar-refractivity contribution in [1.82, 2.24) is 14.6 Å². The number of nitrogens with one attached hydrogen (secondary N) is 1. The Kier molecular flexibility index (Phi) is 5.29. The average molecular weight is 372 g/mol. The van der Waals surface area contributed by atoms with Crippen LogP contribution in [0.5, 0.6) is 5.75 Å². The Hall–Kier alpha value is -3.67. The first-order valence-corrected chi connectivity index (χ1v) is 9.17. The van der Waals surface area contributed by atoms with E-state index in [9.17, 15) is 4.79 Å². The first-order valence-electron chi connectivity index (χ1n) is 9.17. The average Bonchev–Trinajstić information content (AvgIpc) is 3.16. The standard InChI is InChI=1S/C22H20N4O2/c27-21(13-7-15-28-19-10-2-1-3-11-19)23-18-9-6-8-17(16-18)22-25-24-20-12-4-5-14-26(20)22/h1-6,8-12,14,16H,7,13,15H2,(H,23,27). The van der Waals surface area contributed by atoms with Crippen LogP contribution in [0.15, 0.2) is 79.0 Å². The fourth-order valence-corrected chi connectivity index (χ4v) is 2.94. The number of rotatable bonds is 7. The molecule has 0 saturated heterocycles. The first kappa shape index (κ1) is 17.7. The van der Waals surface area contributed by atoms with Gasteiger partial charge in [0.05, 0.1) is 6.61 Å². The molecular weight excluding hydrogens is 352 g/mol. The van der Waals surface area contributed by atoms with E-state index in [0.717, 1.165) is 28.5 Å². The number of fused-ring (bicyclic) bond motifs is 1. The van der Waals surface area contributed by atoms with E-state index in [1.54, 1.807) is 0 Å². The predicted octanol–water partition coefficient (Wildman–Crippen LogP) is 4.19. The number of hydrogen-bond acceptors (Lipinski definition) is 4. The monoisotopic (exact) mass is 372 g/mol. The molecule has 28 heavy (non-hydrogen) atoms. The molecule has 2 heterocycles. The molecule has 2 aromatic heterocycles. The summed E-state index contributed by atoms with van der Waals surface area (Å²) in [5, 5.41) is 11.4. The van der Waals surface area contributed by atoms with Crippen LogP contribution in [0.25, 0.3) is 17.0 Å². The van der Waals surface area contributed by atoms with Crippen LogP contribution in [0, 0.1) is 0 Å². The summed E-state index contributed by atoms with van der Waals surface area (Å²) in [5.74, 6) is 1.51. The van der Waals surface area contributed by atoms with Crippen molar-refractivity contribution >= 4 is 17.2 Å². The maximum atomic E-state index is 12.2. The number of carbonyl (C=O) groups excluding carboxylic acids is 1. The van der Waals surface area contributed by atoms with Crippen LogP contribution >= 0.6 is 0 Å². The number of nitrogens with zero attached hydrogens (tertiary/aromatic N) is 3. The second kappa shape index (κ2) is 8.35. The van der Waals surface area contributed by atoms with Crippen LogP contribution in [-0.4, -0.2) is 27.1 Å². The van der Waals surface area contributed by atoms with Gasteiger partial charge in [-0.2, -0.15) is 0 Å². The molecule has 0 saturated carbocycles. The van der Waals surface area contributed by atoms with Crippen molar-refractivity contribution in [2.24, 2.45) is 0 Å². The Labute approximate surface area is 162 Å². The molecule has 4 aromatic rings. The largest absolute Gasteiger partial charge is 0.494 e. The lowest BCUT2D eigenvalue weighted by Crippen LogP contribution is -2.12.